The molecule has 0 rings (SSSR count). The number of carbonyl (C=O) groups excluding carboxylic acids is 2. The summed E-state index contributed by atoms with van der Waals surface area (Å²) in [6.45, 7) is 0. The zero-order valence-electron chi connectivity index (χ0n) is 7.47. The zero-order chi connectivity index (χ0) is 10.6. The van der Waals surface area contributed by atoms with Crippen LogP contribution in [0.4, 0.5) is 0 Å². The third-order valence-electron chi connectivity index (χ3n) is 1.27. The Morgan fingerprint density at radius 3 is 1.47 bits per heavy atom. The van der Waals surface area contributed by atoms with Gasteiger partial charge in [-0.25, -0.2) is 4.79 Å². The quantitative estimate of drug-likeness (QED) is 0.476. The van der Waals surface area contributed by atoms with E-state index in [1.165, 1.54) is 0 Å². The number of carboxylic acid groups (broad SMARTS) is 3. The summed E-state index contributed by atoms with van der Waals surface area (Å²) in [5.74, 6) is -5.65. The van der Waals surface area contributed by atoms with Crippen molar-refractivity contribution in [2.45, 2.75) is 18.4 Å². The molecule has 0 aromatic rings. The third kappa shape index (κ3) is 7.37. The van der Waals surface area contributed by atoms with Crippen molar-refractivity contribution in [1.29, 1.82) is 0 Å². The molecule has 0 saturated carbocycles. The maximum absolute atomic E-state index is 10.3. The number of hydrogen-bond donors (Lipinski definition) is 2. The van der Waals surface area contributed by atoms with Gasteiger partial charge in [0.05, 0.1) is 0 Å². The molecule has 0 saturated heterocycles. The molecular weight excluding hydrogens is 244 g/mol. The summed E-state index contributed by atoms with van der Waals surface area (Å²) in [6.07, 6.45) is -2.59. The number of aliphatic carboxylic acids is 3. The van der Waals surface area contributed by atoms with Crippen LogP contribution in [-0.2, 0) is 14.4 Å². The maximum atomic E-state index is 10.3. The number of aliphatic hydroxyl groups is 1. The molecule has 15 heavy (non-hydrogen) atoms. The Morgan fingerprint density at radius 2 is 1.33 bits per heavy atom. The number of hydrogen-bond acceptors (Lipinski definition) is 6. The van der Waals surface area contributed by atoms with E-state index in [1.807, 2.05) is 0 Å². The van der Waals surface area contributed by atoms with Gasteiger partial charge in [-0.3, -0.25) is 0 Å². The van der Waals surface area contributed by atoms with Crippen LogP contribution in [0.2, 0.25) is 0 Å². The van der Waals surface area contributed by atoms with Crippen LogP contribution in [0.1, 0.15) is 12.8 Å². The Bertz CT molecular complexity index is 238. The van der Waals surface area contributed by atoms with E-state index in [1.54, 1.807) is 0 Å². The largest absolute Gasteiger partial charge is 2.00 e. The SMILES string of the molecule is Cl.O=C([O-])CC(O)(CC(=O)[O-])C(=O)O.[Mg+2]. The van der Waals surface area contributed by atoms with Gasteiger partial charge in [0.1, 0.15) is 0 Å². The van der Waals surface area contributed by atoms with Gasteiger partial charge >= 0.3 is 29.0 Å². The van der Waals surface area contributed by atoms with E-state index < -0.39 is 36.4 Å². The summed E-state index contributed by atoms with van der Waals surface area (Å²) in [5.41, 5.74) is -2.86. The molecule has 82 valence electrons. The van der Waals surface area contributed by atoms with E-state index in [0.717, 1.165) is 0 Å². The Hall–Kier alpha value is -0.574. The van der Waals surface area contributed by atoms with E-state index in [0.29, 0.717) is 0 Å². The van der Waals surface area contributed by atoms with Crippen molar-refractivity contribution in [2.24, 2.45) is 0 Å². The fourth-order valence-corrected chi connectivity index (χ4v) is 0.691. The normalized spacial score (nSPS) is 9.40. The minimum Gasteiger partial charge on any atom is -0.550 e. The molecule has 0 bridgehead atoms. The van der Waals surface area contributed by atoms with Crippen molar-refractivity contribution in [3.8, 4) is 0 Å². The average molecular weight is 251 g/mol. The monoisotopic (exact) mass is 250 g/mol. The first-order chi connectivity index (χ1) is 5.78. The fraction of sp³-hybridized carbons (Fsp3) is 0.500. The van der Waals surface area contributed by atoms with Crippen LogP contribution in [0.15, 0.2) is 0 Å². The van der Waals surface area contributed by atoms with E-state index in [9.17, 15) is 24.6 Å². The van der Waals surface area contributed by atoms with Crippen molar-refractivity contribution in [1.82, 2.24) is 0 Å². The molecule has 0 aromatic heterocycles. The summed E-state index contributed by atoms with van der Waals surface area (Å²) < 4.78 is 0. The minimum atomic E-state index is -2.86. The Kier molecular flexibility index (Phi) is 10.2. The second-order valence-electron chi connectivity index (χ2n) is 2.43. The average Bonchev–Trinajstić information content (AvgIpc) is 1.82. The molecule has 0 aliphatic heterocycles. The summed E-state index contributed by atoms with van der Waals surface area (Å²) in [6, 6.07) is 0. The first-order valence-corrected chi connectivity index (χ1v) is 3.13. The second kappa shape index (κ2) is 7.68. The van der Waals surface area contributed by atoms with Gasteiger partial charge in [0.25, 0.3) is 0 Å². The first kappa shape index (κ1) is 19.9. The molecule has 0 unspecified atom stereocenters. The number of halogens is 1. The summed E-state index contributed by atoms with van der Waals surface area (Å²) in [5, 5.41) is 37.2. The number of rotatable bonds is 5. The van der Waals surface area contributed by atoms with Crippen LogP contribution in [0.5, 0.6) is 0 Å². The topological polar surface area (TPSA) is 138 Å². The van der Waals surface area contributed by atoms with Crippen LogP contribution < -0.4 is 10.2 Å². The van der Waals surface area contributed by atoms with Crippen LogP contribution in [-0.4, -0.2) is 56.8 Å². The van der Waals surface area contributed by atoms with Crippen molar-refractivity contribution < 1.29 is 34.8 Å². The molecule has 0 amide bonds. The van der Waals surface area contributed by atoms with Gasteiger partial charge in [-0.1, -0.05) is 0 Å². The van der Waals surface area contributed by atoms with Gasteiger partial charge in [0.15, 0.2) is 5.60 Å². The van der Waals surface area contributed by atoms with Crippen molar-refractivity contribution in [2.75, 3.05) is 0 Å². The van der Waals surface area contributed by atoms with Crippen molar-refractivity contribution in [3.05, 3.63) is 0 Å². The van der Waals surface area contributed by atoms with E-state index in [4.69, 9.17) is 10.2 Å². The van der Waals surface area contributed by atoms with Crippen molar-refractivity contribution >= 4 is 53.4 Å². The molecule has 0 radical (unpaired) electrons. The second-order valence-corrected chi connectivity index (χ2v) is 2.43. The standard InChI is InChI=1S/C6H8O7.ClH.Mg/c7-3(8)1-6(13,5(11)12)2-4(9)10;;/h13H,1-2H2,(H,7,8)(H,9,10)(H,11,12);1H;/q;;+2/p-2. The van der Waals surface area contributed by atoms with Gasteiger partial charge in [-0.05, 0) is 0 Å². The Labute approximate surface area is 107 Å². The predicted octanol–water partition coefficient (Wildman–Crippen LogP) is -3.88. The number of carbonyl (C=O) groups is 3. The fourth-order valence-electron chi connectivity index (χ4n) is 0.691. The van der Waals surface area contributed by atoms with E-state index in [2.05, 4.69) is 0 Å². The van der Waals surface area contributed by atoms with Crippen LogP contribution in [0.25, 0.3) is 0 Å². The molecule has 2 N–H and O–H groups in total. The van der Waals surface area contributed by atoms with Crippen LogP contribution in [0.3, 0.4) is 0 Å². The molecule has 0 heterocycles. The molecule has 0 atom stereocenters. The van der Waals surface area contributed by atoms with Gasteiger partial charge in [-0.2, -0.15) is 0 Å². The van der Waals surface area contributed by atoms with E-state index in [-0.39, 0.29) is 35.5 Å². The summed E-state index contributed by atoms with van der Waals surface area (Å²) in [4.78, 5) is 30.2. The van der Waals surface area contributed by atoms with Gasteiger partial charge in [0, 0.05) is 24.8 Å². The minimum absolute atomic E-state index is 0. The summed E-state index contributed by atoms with van der Waals surface area (Å²) >= 11 is 0. The van der Waals surface area contributed by atoms with Crippen LogP contribution in [0, 0.1) is 0 Å². The summed E-state index contributed by atoms with van der Waals surface area (Å²) in [7, 11) is 0. The van der Waals surface area contributed by atoms with Gasteiger partial charge in [-0.15, -0.1) is 12.4 Å². The Balaban J connectivity index is -0.000000720. The van der Waals surface area contributed by atoms with Gasteiger partial charge < -0.3 is 30.0 Å². The molecule has 0 aromatic carbocycles. The molecular formula is C6H7ClMgO7. The zero-order valence-corrected chi connectivity index (χ0v) is 9.70. The molecule has 9 heteroatoms. The van der Waals surface area contributed by atoms with Crippen molar-refractivity contribution in [3.63, 3.8) is 0 Å². The molecule has 0 aliphatic rings. The van der Waals surface area contributed by atoms with E-state index >= 15 is 0 Å². The molecule has 0 aliphatic carbocycles. The Morgan fingerprint density at radius 1 is 1.07 bits per heavy atom. The third-order valence-corrected chi connectivity index (χ3v) is 1.27. The molecule has 7 nitrogen and oxygen atoms in total. The van der Waals surface area contributed by atoms with Gasteiger partial charge in [0.2, 0.25) is 0 Å². The number of carboxylic acids is 3. The molecule has 0 spiro atoms. The van der Waals surface area contributed by atoms with Crippen LogP contribution >= 0.6 is 12.4 Å². The first-order valence-electron chi connectivity index (χ1n) is 3.13. The predicted molar refractivity (Wildman–Crippen MR) is 44.8 cm³/mol. The molecule has 0 fully saturated rings. The smallest absolute Gasteiger partial charge is 0.550 e. The maximum Gasteiger partial charge on any atom is 2.00 e.